The molecule has 6 aromatic rings. The molecule has 0 saturated carbocycles. The molecule has 6 rings (SSSR count). The predicted octanol–water partition coefficient (Wildman–Crippen LogP) is 6.66. The number of phenols is 3. The van der Waals surface area contributed by atoms with E-state index in [-0.39, 0.29) is 28.9 Å². The number of benzene rings is 4. The van der Waals surface area contributed by atoms with Crippen LogP contribution >= 0.6 is 0 Å². The first-order chi connectivity index (χ1) is 16.9. The Hall–Kier alpha value is -4.11. The van der Waals surface area contributed by atoms with Crippen LogP contribution in [0.4, 0.5) is 0 Å². The van der Waals surface area contributed by atoms with E-state index in [9.17, 15) is 10.2 Å². The van der Waals surface area contributed by atoms with Crippen molar-refractivity contribution >= 4 is 49.9 Å². The molecule has 0 unspecified atom stereocenters. The van der Waals surface area contributed by atoms with Crippen LogP contribution in [0.1, 0.15) is 11.4 Å². The van der Waals surface area contributed by atoms with Crippen LogP contribution in [-0.2, 0) is 0 Å². The van der Waals surface area contributed by atoms with Crippen LogP contribution in [0.5, 0.6) is 17.2 Å². The van der Waals surface area contributed by atoms with Gasteiger partial charge in [-0.1, -0.05) is 66.7 Å². The normalized spacial score (nSPS) is 10.1. The van der Waals surface area contributed by atoms with E-state index in [1.54, 1.807) is 24.3 Å². The van der Waals surface area contributed by atoms with Gasteiger partial charge in [-0.15, -0.1) is 0 Å². The Morgan fingerprint density at radius 1 is 0.472 bits per heavy atom. The Bertz CT molecular complexity index is 1540. The Labute approximate surface area is 220 Å². The van der Waals surface area contributed by atoms with Gasteiger partial charge in [0.1, 0.15) is 28.3 Å². The highest BCUT2D eigenvalue weighted by Gasteiger charge is 2.00. The maximum absolute atomic E-state index is 9.43. The van der Waals surface area contributed by atoms with E-state index in [0.717, 1.165) is 32.9 Å². The number of hydrogen-bond donors (Lipinski definition) is 3. The minimum absolute atomic E-state index is 0. The molecular weight excluding hydrogens is 463 g/mol. The molecule has 2 heterocycles. The molecule has 0 aliphatic carbocycles. The van der Waals surface area contributed by atoms with Crippen molar-refractivity contribution in [1.82, 2.24) is 9.97 Å². The first kappa shape index (κ1) is 26.5. The van der Waals surface area contributed by atoms with Gasteiger partial charge in [0.2, 0.25) is 0 Å². The van der Waals surface area contributed by atoms with Crippen molar-refractivity contribution in [2.24, 2.45) is 0 Å². The minimum Gasteiger partial charge on any atom is -0.508 e. The topological polar surface area (TPSA) is 86.5 Å². The molecular formula is C30H26AlN2O3. The third kappa shape index (κ3) is 6.51. The van der Waals surface area contributed by atoms with Gasteiger partial charge >= 0.3 is 0 Å². The summed E-state index contributed by atoms with van der Waals surface area (Å²) in [7, 11) is 0. The Morgan fingerprint density at radius 2 is 0.917 bits per heavy atom. The molecule has 0 fully saturated rings. The van der Waals surface area contributed by atoms with E-state index in [4.69, 9.17) is 5.11 Å². The fraction of sp³-hybridized carbons (Fsp3) is 0.0667. The molecule has 6 heteroatoms. The average molecular weight is 490 g/mol. The highest BCUT2D eigenvalue weighted by molar-refractivity contribution is 5.85. The molecule has 3 N–H and O–H groups in total. The predicted molar refractivity (Wildman–Crippen MR) is 148 cm³/mol. The van der Waals surface area contributed by atoms with Crippen molar-refractivity contribution in [3.8, 4) is 17.2 Å². The Morgan fingerprint density at radius 3 is 1.44 bits per heavy atom. The zero-order valence-electron chi connectivity index (χ0n) is 20.1. The molecule has 2 aromatic heterocycles. The second kappa shape index (κ2) is 12.0. The quantitative estimate of drug-likeness (QED) is 0.208. The Balaban J connectivity index is 0.000000149. The van der Waals surface area contributed by atoms with Gasteiger partial charge in [-0.3, -0.25) is 0 Å². The highest BCUT2D eigenvalue weighted by Crippen LogP contribution is 2.23. The zero-order valence-corrected chi connectivity index (χ0v) is 21.3. The number of rotatable bonds is 0. The van der Waals surface area contributed by atoms with Crippen molar-refractivity contribution in [2.45, 2.75) is 13.8 Å². The van der Waals surface area contributed by atoms with E-state index in [0.29, 0.717) is 16.8 Å². The summed E-state index contributed by atoms with van der Waals surface area (Å²) in [5, 5.41) is 32.2. The van der Waals surface area contributed by atoms with Crippen LogP contribution in [-0.4, -0.2) is 42.6 Å². The van der Waals surface area contributed by atoms with Crippen molar-refractivity contribution in [1.29, 1.82) is 0 Å². The van der Waals surface area contributed by atoms with Gasteiger partial charge in [-0.2, -0.15) is 0 Å². The number of phenolic OH excluding ortho intramolecular Hbond substituents is 3. The van der Waals surface area contributed by atoms with Gasteiger partial charge < -0.3 is 15.3 Å². The van der Waals surface area contributed by atoms with Crippen molar-refractivity contribution in [3.63, 3.8) is 0 Å². The number of aromatic nitrogens is 2. The molecule has 0 aliphatic heterocycles. The molecule has 4 aromatic carbocycles. The van der Waals surface area contributed by atoms with Crippen LogP contribution < -0.4 is 0 Å². The van der Waals surface area contributed by atoms with Gasteiger partial charge in [-0.25, -0.2) is 9.97 Å². The summed E-state index contributed by atoms with van der Waals surface area (Å²) in [6, 6.07) is 31.9. The second-order valence-electron chi connectivity index (χ2n) is 8.13. The molecule has 0 aliphatic rings. The lowest BCUT2D eigenvalue weighted by Gasteiger charge is -1.99. The van der Waals surface area contributed by atoms with E-state index in [1.807, 2.05) is 92.7 Å². The molecule has 5 nitrogen and oxygen atoms in total. The fourth-order valence-electron chi connectivity index (χ4n) is 3.63. The number of para-hydroxylation sites is 2. The maximum Gasteiger partial charge on any atom is 0.141 e. The van der Waals surface area contributed by atoms with Crippen molar-refractivity contribution < 1.29 is 15.3 Å². The molecule has 0 bridgehead atoms. The number of aromatic hydroxyl groups is 3. The molecule has 0 saturated heterocycles. The number of fused-ring (bicyclic) bond motifs is 3. The van der Waals surface area contributed by atoms with Crippen LogP contribution in [0.25, 0.3) is 32.6 Å². The summed E-state index contributed by atoms with van der Waals surface area (Å²) in [5.74, 6) is 0.816. The van der Waals surface area contributed by atoms with Gasteiger partial charge in [0.25, 0.3) is 0 Å². The number of aryl methyl sites for hydroxylation is 2. The first-order valence-corrected chi connectivity index (χ1v) is 11.2. The monoisotopic (exact) mass is 489 g/mol. The third-order valence-electron chi connectivity index (χ3n) is 5.41. The smallest absolute Gasteiger partial charge is 0.141 e. The second-order valence-corrected chi connectivity index (χ2v) is 8.13. The third-order valence-corrected chi connectivity index (χ3v) is 5.41. The van der Waals surface area contributed by atoms with Crippen LogP contribution in [0.2, 0.25) is 0 Å². The van der Waals surface area contributed by atoms with E-state index in [2.05, 4.69) is 9.97 Å². The van der Waals surface area contributed by atoms with Crippen molar-refractivity contribution in [3.05, 3.63) is 115 Å². The summed E-state index contributed by atoms with van der Waals surface area (Å²) >= 11 is 0. The average Bonchev–Trinajstić information content (AvgIpc) is 2.86. The fourth-order valence-corrected chi connectivity index (χ4v) is 3.63. The largest absolute Gasteiger partial charge is 0.508 e. The SMILES string of the molecule is Cc1ccc2cccc(O)c2n1.Cc1ccc2cccc(O)c2n1.Oc1ccc2ccccc2c1.[Al]. The van der Waals surface area contributed by atoms with Gasteiger partial charge in [-0.05, 0) is 61.0 Å². The van der Waals surface area contributed by atoms with Crippen LogP contribution in [0.3, 0.4) is 0 Å². The standard InChI is InChI=1S/2C10H9NO.C10H8O.Al/c2*1-7-5-6-8-3-2-4-9(12)10(8)11-7;11-10-6-5-8-3-1-2-4-9(8)7-10;/h2*2-6,12H,1H3;1-7,11H;. The molecule has 36 heavy (non-hydrogen) atoms. The zero-order chi connectivity index (χ0) is 24.8. The first-order valence-electron chi connectivity index (χ1n) is 11.2. The summed E-state index contributed by atoms with van der Waals surface area (Å²) in [6.45, 7) is 3.82. The van der Waals surface area contributed by atoms with E-state index < -0.39 is 0 Å². The maximum atomic E-state index is 9.43. The number of hydrogen-bond acceptors (Lipinski definition) is 5. The minimum atomic E-state index is 0. The molecule has 177 valence electrons. The van der Waals surface area contributed by atoms with Gasteiger partial charge in [0.15, 0.2) is 0 Å². The summed E-state index contributed by atoms with van der Waals surface area (Å²) < 4.78 is 0. The Kier molecular flexibility index (Phi) is 8.86. The lowest BCUT2D eigenvalue weighted by Crippen LogP contribution is -1.82. The van der Waals surface area contributed by atoms with E-state index in [1.165, 1.54) is 0 Å². The van der Waals surface area contributed by atoms with Crippen LogP contribution in [0, 0.1) is 13.8 Å². The molecule has 0 spiro atoms. The van der Waals surface area contributed by atoms with Crippen LogP contribution in [0.15, 0.2) is 103 Å². The van der Waals surface area contributed by atoms with Crippen molar-refractivity contribution in [2.75, 3.05) is 0 Å². The molecule has 0 atom stereocenters. The highest BCUT2D eigenvalue weighted by atomic mass is 27.0. The number of nitrogens with zero attached hydrogens (tertiary/aromatic N) is 2. The van der Waals surface area contributed by atoms with E-state index >= 15 is 0 Å². The number of pyridine rings is 2. The summed E-state index contributed by atoms with van der Waals surface area (Å²) in [4.78, 5) is 8.45. The lowest BCUT2D eigenvalue weighted by atomic mass is 10.1. The molecule has 3 radical (unpaired) electrons. The summed E-state index contributed by atoms with van der Waals surface area (Å²) in [6.07, 6.45) is 0. The summed E-state index contributed by atoms with van der Waals surface area (Å²) in [5.41, 5.74) is 3.20. The molecule has 0 amide bonds. The lowest BCUT2D eigenvalue weighted by molar-refractivity contribution is 0.476. The van der Waals surface area contributed by atoms with Gasteiger partial charge in [0, 0.05) is 39.5 Å². The van der Waals surface area contributed by atoms with Gasteiger partial charge in [0.05, 0.1) is 0 Å².